The fourth-order valence-corrected chi connectivity index (χ4v) is 2.79. The van der Waals surface area contributed by atoms with Crippen LogP contribution in [0.25, 0.3) is 5.69 Å². The van der Waals surface area contributed by atoms with Crippen molar-refractivity contribution in [2.45, 2.75) is 6.92 Å². The minimum atomic E-state index is 0.620. The van der Waals surface area contributed by atoms with E-state index < -0.39 is 0 Å². The molecule has 1 aromatic heterocycles. The summed E-state index contributed by atoms with van der Waals surface area (Å²) < 4.78 is 7.84. The summed E-state index contributed by atoms with van der Waals surface area (Å²) in [6.07, 6.45) is 0. The zero-order valence-electron chi connectivity index (χ0n) is 12.8. The molecule has 3 rings (SSSR count). The molecule has 5 heteroatoms. The van der Waals surface area contributed by atoms with E-state index in [0.29, 0.717) is 5.92 Å². The summed E-state index contributed by atoms with van der Waals surface area (Å²) >= 11 is 0. The largest absolute Gasteiger partial charge is 0.476 e. The Hall–Kier alpha value is -2.01. The number of hydrogen-bond donors (Lipinski definition) is 1. The summed E-state index contributed by atoms with van der Waals surface area (Å²) in [6, 6.07) is 10.1. The number of benzene rings is 1. The molecule has 112 valence electrons. The van der Waals surface area contributed by atoms with Gasteiger partial charge in [-0.1, -0.05) is 18.2 Å². The van der Waals surface area contributed by atoms with Gasteiger partial charge in [0.05, 0.1) is 17.9 Å². The lowest BCUT2D eigenvalue weighted by molar-refractivity contribution is 0.0834. The van der Waals surface area contributed by atoms with Crippen molar-refractivity contribution in [3.05, 3.63) is 35.9 Å². The van der Waals surface area contributed by atoms with Crippen LogP contribution in [0.3, 0.4) is 0 Å². The molecule has 0 spiro atoms. The summed E-state index contributed by atoms with van der Waals surface area (Å²) in [7, 11) is 4.04. The highest BCUT2D eigenvalue weighted by molar-refractivity contribution is 5.54. The molecular formula is C16H22N4O. The van der Waals surface area contributed by atoms with Gasteiger partial charge in [0, 0.05) is 26.1 Å². The Morgan fingerprint density at radius 3 is 2.62 bits per heavy atom. The number of anilines is 1. The summed E-state index contributed by atoms with van der Waals surface area (Å²) in [5, 5.41) is 7.84. The van der Waals surface area contributed by atoms with Crippen LogP contribution in [0, 0.1) is 12.8 Å². The maximum atomic E-state index is 5.94. The topological polar surface area (TPSA) is 42.3 Å². The molecule has 1 saturated heterocycles. The monoisotopic (exact) mass is 286 g/mol. The number of aromatic nitrogens is 2. The lowest BCUT2D eigenvalue weighted by Crippen LogP contribution is -2.46. The van der Waals surface area contributed by atoms with Crippen molar-refractivity contribution in [1.29, 1.82) is 0 Å². The van der Waals surface area contributed by atoms with Crippen molar-refractivity contribution in [3.63, 3.8) is 0 Å². The second-order valence-electron chi connectivity index (χ2n) is 5.67. The quantitative estimate of drug-likeness (QED) is 0.914. The molecule has 2 aromatic rings. The third-order valence-corrected chi connectivity index (χ3v) is 3.91. The van der Waals surface area contributed by atoms with Crippen LogP contribution in [0.4, 0.5) is 5.82 Å². The molecule has 0 aliphatic carbocycles. The van der Waals surface area contributed by atoms with Crippen molar-refractivity contribution in [2.24, 2.45) is 5.92 Å². The van der Waals surface area contributed by atoms with Gasteiger partial charge in [0.2, 0.25) is 5.88 Å². The van der Waals surface area contributed by atoms with E-state index in [-0.39, 0.29) is 0 Å². The number of nitrogens with zero attached hydrogens (tertiary/aromatic N) is 3. The first kappa shape index (κ1) is 13.9. The van der Waals surface area contributed by atoms with Crippen LogP contribution < -0.4 is 10.1 Å². The van der Waals surface area contributed by atoms with Crippen molar-refractivity contribution in [2.75, 3.05) is 39.1 Å². The Morgan fingerprint density at radius 1 is 1.29 bits per heavy atom. The first-order valence-electron chi connectivity index (χ1n) is 7.33. The normalized spacial score (nSPS) is 15.8. The highest BCUT2D eigenvalue weighted by Crippen LogP contribution is 2.28. The first-order chi connectivity index (χ1) is 10.2. The number of rotatable bonds is 5. The molecular weight excluding hydrogens is 264 g/mol. The number of nitrogens with one attached hydrogen (secondary N) is 1. The highest BCUT2D eigenvalue weighted by Gasteiger charge is 2.25. The maximum Gasteiger partial charge on any atom is 0.238 e. The SMILES string of the molecule is CNc1c(C)c(OCC2CN(C)C2)nn1-c1ccccc1. The number of likely N-dealkylation sites (tertiary alicyclic amines) is 1. The second kappa shape index (κ2) is 5.77. The zero-order chi connectivity index (χ0) is 14.8. The maximum absolute atomic E-state index is 5.94. The van der Waals surface area contributed by atoms with Crippen molar-refractivity contribution >= 4 is 5.82 Å². The fraction of sp³-hybridized carbons (Fsp3) is 0.438. The van der Waals surface area contributed by atoms with Gasteiger partial charge in [-0.25, -0.2) is 4.68 Å². The molecule has 1 aliphatic heterocycles. The average Bonchev–Trinajstić information content (AvgIpc) is 2.79. The van der Waals surface area contributed by atoms with Gasteiger partial charge in [0.25, 0.3) is 0 Å². The van der Waals surface area contributed by atoms with E-state index in [2.05, 4.69) is 22.4 Å². The standard InChI is InChI=1S/C16H22N4O/c1-12-15(17-2)20(14-7-5-4-6-8-14)18-16(12)21-11-13-9-19(3)10-13/h4-8,13,17H,9-11H2,1-3H3. The van der Waals surface area contributed by atoms with E-state index in [1.54, 1.807) is 0 Å². The number of para-hydroxylation sites is 1. The highest BCUT2D eigenvalue weighted by atomic mass is 16.5. The summed E-state index contributed by atoms with van der Waals surface area (Å²) in [5.74, 6) is 2.31. The van der Waals surface area contributed by atoms with Gasteiger partial charge in [-0.05, 0) is 26.1 Å². The molecule has 21 heavy (non-hydrogen) atoms. The molecule has 1 aromatic carbocycles. The van der Waals surface area contributed by atoms with Gasteiger partial charge >= 0.3 is 0 Å². The molecule has 0 radical (unpaired) electrons. The first-order valence-corrected chi connectivity index (χ1v) is 7.33. The minimum Gasteiger partial charge on any atom is -0.476 e. The van der Waals surface area contributed by atoms with Crippen LogP contribution in [0.5, 0.6) is 5.88 Å². The summed E-state index contributed by atoms with van der Waals surface area (Å²) in [6.45, 7) is 5.00. The average molecular weight is 286 g/mol. The Balaban J connectivity index is 1.80. The molecule has 0 amide bonds. The van der Waals surface area contributed by atoms with Crippen LogP contribution in [0.2, 0.25) is 0 Å². The van der Waals surface area contributed by atoms with Gasteiger partial charge in [0.15, 0.2) is 0 Å². The third-order valence-electron chi connectivity index (χ3n) is 3.91. The Kier molecular flexibility index (Phi) is 3.84. The zero-order valence-corrected chi connectivity index (χ0v) is 12.8. The van der Waals surface area contributed by atoms with E-state index >= 15 is 0 Å². The van der Waals surface area contributed by atoms with Gasteiger partial charge in [-0.2, -0.15) is 0 Å². The lowest BCUT2D eigenvalue weighted by atomic mass is 10.0. The van der Waals surface area contributed by atoms with Crippen LogP contribution >= 0.6 is 0 Å². The van der Waals surface area contributed by atoms with Crippen molar-refractivity contribution in [3.8, 4) is 11.6 Å². The number of ether oxygens (including phenoxy) is 1. The van der Waals surface area contributed by atoms with E-state index in [1.807, 2.05) is 49.0 Å². The van der Waals surface area contributed by atoms with E-state index in [1.165, 1.54) is 0 Å². The van der Waals surface area contributed by atoms with Crippen LogP contribution in [-0.2, 0) is 0 Å². The van der Waals surface area contributed by atoms with Crippen molar-refractivity contribution < 1.29 is 4.74 Å². The molecule has 2 heterocycles. The Labute approximate surface area is 125 Å². The van der Waals surface area contributed by atoms with Gasteiger partial charge in [-0.3, -0.25) is 0 Å². The van der Waals surface area contributed by atoms with E-state index in [0.717, 1.165) is 42.6 Å². The Bertz CT molecular complexity index is 602. The van der Waals surface area contributed by atoms with Gasteiger partial charge in [-0.15, -0.1) is 5.10 Å². The van der Waals surface area contributed by atoms with Crippen LogP contribution in [-0.4, -0.2) is 48.5 Å². The summed E-state index contributed by atoms with van der Waals surface area (Å²) in [5.41, 5.74) is 2.08. The predicted octanol–water partition coefficient (Wildman–Crippen LogP) is 2.16. The fourth-order valence-electron chi connectivity index (χ4n) is 2.79. The van der Waals surface area contributed by atoms with Crippen LogP contribution in [0.1, 0.15) is 5.56 Å². The number of hydrogen-bond acceptors (Lipinski definition) is 4. The third kappa shape index (κ3) is 2.74. The van der Waals surface area contributed by atoms with Crippen LogP contribution in [0.15, 0.2) is 30.3 Å². The molecule has 1 aliphatic rings. The summed E-state index contributed by atoms with van der Waals surface area (Å²) in [4.78, 5) is 2.29. The Morgan fingerprint density at radius 2 is 2.00 bits per heavy atom. The lowest BCUT2D eigenvalue weighted by Gasteiger charge is -2.35. The van der Waals surface area contributed by atoms with E-state index in [9.17, 15) is 0 Å². The molecule has 1 fully saturated rings. The van der Waals surface area contributed by atoms with E-state index in [4.69, 9.17) is 4.74 Å². The molecule has 0 atom stereocenters. The predicted molar refractivity (Wildman–Crippen MR) is 84.3 cm³/mol. The molecule has 0 unspecified atom stereocenters. The minimum absolute atomic E-state index is 0.620. The molecule has 0 saturated carbocycles. The molecule has 5 nitrogen and oxygen atoms in total. The van der Waals surface area contributed by atoms with Gasteiger partial charge in [0.1, 0.15) is 5.82 Å². The van der Waals surface area contributed by atoms with Gasteiger partial charge < -0.3 is 15.0 Å². The molecule has 0 bridgehead atoms. The molecule has 1 N–H and O–H groups in total. The van der Waals surface area contributed by atoms with Crippen molar-refractivity contribution in [1.82, 2.24) is 14.7 Å². The second-order valence-corrected chi connectivity index (χ2v) is 5.67. The smallest absolute Gasteiger partial charge is 0.238 e.